The summed E-state index contributed by atoms with van der Waals surface area (Å²) in [7, 11) is 1.30. The molecular formula is C20H27N3O5. The fourth-order valence-electron chi connectivity index (χ4n) is 3.54. The van der Waals surface area contributed by atoms with E-state index in [-0.39, 0.29) is 24.7 Å². The van der Waals surface area contributed by atoms with Crippen LogP contribution >= 0.6 is 0 Å². The van der Waals surface area contributed by atoms with Crippen LogP contribution in [0.4, 0.5) is 10.5 Å². The summed E-state index contributed by atoms with van der Waals surface area (Å²) in [4.78, 5) is 37.3. The summed E-state index contributed by atoms with van der Waals surface area (Å²) in [6.07, 6.45) is 3.80. The maximum atomic E-state index is 12.3. The summed E-state index contributed by atoms with van der Waals surface area (Å²) in [6, 6.07) is 4.95. The van der Waals surface area contributed by atoms with E-state index in [9.17, 15) is 14.4 Å². The van der Waals surface area contributed by atoms with Gasteiger partial charge in [0, 0.05) is 18.6 Å². The number of aryl methyl sites for hydroxylation is 1. The zero-order valence-electron chi connectivity index (χ0n) is 16.2. The first kappa shape index (κ1) is 20.1. The highest BCUT2D eigenvalue weighted by Crippen LogP contribution is 2.33. The van der Waals surface area contributed by atoms with Gasteiger partial charge in [-0.3, -0.25) is 9.69 Å². The number of nitrogens with one attached hydrogen (secondary N) is 2. The van der Waals surface area contributed by atoms with Crippen molar-refractivity contribution in [2.45, 2.75) is 44.7 Å². The molecule has 0 radical (unpaired) electrons. The molecule has 0 saturated heterocycles. The first-order valence-corrected chi connectivity index (χ1v) is 9.58. The van der Waals surface area contributed by atoms with Gasteiger partial charge in [0.05, 0.1) is 24.9 Å². The Kier molecular flexibility index (Phi) is 6.18. The number of carbonyl (C=O) groups is 3. The fraction of sp³-hybridized carbons (Fsp3) is 0.550. The monoisotopic (exact) mass is 389 g/mol. The highest BCUT2D eigenvalue weighted by molar-refractivity contribution is 6.01. The van der Waals surface area contributed by atoms with Gasteiger partial charge in [-0.05, 0) is 50.7 Å². The predicted molar refractivity (Wildman–Crippen MR) is 103 cm³/mol. The van der Waals surface area contributed by atoms with Gasteiger partial charge >= 0.3 is 18.0 Å². The molecule has 0 spiro atoms. The van der Waals surface area contributed by atoms with Crippen molar-refractivity contribution in [1.29, 1.82) is 0 Å². The van der Waals surface area contributed by atoms with Crippen molar-refractivity contribution in [3.05, 3.63) is 29.3 Å². The third-order valence-corrected chi connectivity index (χ3v) is 5.32. The van der Waals surface area contributed by atoms with Crippen LogP contribution in [0.2, 0.25) is 0 Å². The Hall–Kier alpha value is -2.61. The quantitative estimate of drug-likeness (QED) is 0.589. The Balaban J connectivity index is 1.51. The largest absolute Gasteiger partial charge is 0.480 e. The summed E-state index contributed by atoms with van der Waals surface area (Å²) < 4.78 is 4.77. The number of rotatable bonds is 8. The average Bonchev–Trinajstić information content (AvgIpc) is 3.41. The number of amides is 2. The minimum absolute atomic E-state index is 0.00692. The van der Waals surface area contributed by atoms with E-state index >= 15 is 0 Å². The Morgan fingerprint density at radius 3 is 2.57 bits per heavy atom. The van der Waals surface area contributed by atoms with Gasteiger partial charge in [0.25, 0.3) is 0 Å². The first-order chi connectivity index (χ1) is 13.4. The summed E-state index contributed by atoms with van der Waals surface area (Å²) in [5.74, 6) is -0.704. The van der Waals surface area contributed by atoms with Gasteiger partial charge in [-0.2, -0.15) is 0 Å². The maximum Gasteiger partial charge on any atom is 0.339 e. The normalized spacial score (nSPS) is 21.0. The standard InChI is InChI=1S/C20H27N3O5/c1-12-3-6-17(16(7-12)19(26)28-2)22-20(27)21-14-8-15(9-14)23(11-18(24)25)10-13-4-5-13/h3,6-7,13-15H,4-5,8-11H2,1-2H3,(H,24,25)(H2,21,22,27). The van der Waals surface area contributed by atoms with Crippen molar-refractivity contribution < 1.29 is 24.2 Å². The number of methoxy groups -OCH3 is 1. The van der Waals surface area contributed by atoms with E-state index in [1.54, 1.807) is 12.1 Å². The minimum atomic E-state index is -0.815. The van der Waals surface area contributed by atoms with Crippen LogP contribution in [0, 0.1) is 12.8 Å². The van der Waals surface area contributed by atoms with Gasteiger partial charge in [0.1, 0.15) is 0 Å². The second-order valence-electron chi connectivity index (χ2n) is 7.73. The molecule has 1 aromatic carbocycles. The molecule has 152 valence electrons. The van der Waals surface area contributed by atoms with E-state index in [0.29, 0.717) is 17.2 Å². The number of benzene rings is 1. The van der Waals surface area contributed by atoms with Crippen LogP contribution in [0.3, 0.4) is 0 Å². The lowest BCUT2D eigenvalue weighted by molar-refractivity contribution is -0.139. The number of ether oxygens (including phenoxy) is 1. The lowest BCUT2D eigenvalue weighted by Crippen LogP contribution is -2.55. The van der Waals surface area contributed by atoms with Crippen LogP contribution in [0.15, 0.2) is 18.2 Å². The molecule has 0 unspecified atom stereocenters. The molecule has 2 saturated carbocycles. The summed E-state index contributed by atoms with van der Waals surface area (Å²) in [5, 5.41) is 14.7. The Morgan fingerprint density at radius 1 is 1.25 bits per heavy atom. The molecule has 8 nitrogen and oxygen atoms in total. The van der Waals surface area contributed by atoms with Gasteiger partial charge < -0.3 is 20.5 Å². The van der Waals surface area contributed by atoms with Crippen molar-refractivity contribution in [3.8, 4) is 0 Å². The van der Waals surface area contributed by atoms with Crippen LogP contribution < -0.4 is 10.6 Å². The lowest BCUT2D eigenvalue weighted by atomic mass is 9.85. The van der Waals surface area contributed by atoms with Gasteiger partial charge in [0.2, 0.25) is 0 Å². The molecule has 2 aliphatic rings. The van der Waals surface area contributed by atoms with E-state index in [1.807, 2.05) is 17.9 Å². The smallest absolute Gasteiger partial charge is 0.339 e. The summed E-state index contributed by atoms with van der Waals surface area (Å²) >= 11 is 0. The number of esters is 1. The van der Waals surface area contributed by atoms with Crippen molar-refractivity contribution in [2.24, 2.45) is 5.92 Å². The molecule has 0 atom stereocenters. The van der Waals surface area contributed by atoms with Crippen LogP contribution in [0.1, 0.15) is 41.6 Å². The molecule has 0 heterocycles. The number of carboxylic acids is 1. The summed E-state index contributed by atoms with van der Waals surface area (Å²) in [6.45, 7) is 2.73. The molecule has 3 N–H and O–H groups in total. The third kappa shape index (κ3) is 5.22. The van der Waals surface area contributed by atoms with E-state index in [2.05, 4.69) is 10.6 Å². The second-order valence-corrected chi connectivity index (χ2v) is 7.73. The van der Waals surface area contributed by atoms with E-state index in [4.69, 9.17) is 9.84 Å². The molecule has 2 fully saturated rings. The van der Waals surface area contributed by atoms with E-state index < -0.39 is 11.9 Å². The second kappa shape index (κ2) is 8.60. The number of aliphatic carboxylic acids is 1. The molecule has 2 amide bonds. The van der Waals surface area contributed by atoms with Gasteiger partial charge in [-0.25, -0.2) is 9.59 Å². The number of hydrogen-bond donors (Lipinski definition) is 3. The third-order valence-electron chi connectivity index (χ3n) is 5.32. The molecule has 28 heavy (non-hydrogen) atoms. The van der Waals surface area contributed by atoms with Gasteiger partial charge in [-0.1, -0.05) is 11.6 Å². The highest BCUT2D eigenvalue weighted by Gasteiger charge is 2.37. The number of hydrogen-bond acceptors (Lipinski definition) is 5. The van der Waals surface area contributed by atoms with Crippen LogP contribution in [0.5, 0.6) is 0 Å². The van der Waals surface area contributed by atoms with Crippen molar-refractivity contribution in [3.63, 3.8) is 0 Å². The van der Waals surface area contributed by atoms with Crippen molar-refractivity contribution in [1.82, 2.24) is 10.2 Å². The van der Waals surface area contributed by atoms with Crippen LogP contribution in [-0.2, 0) is 9.53 Å². The molecule has 8 heteroatoms. The first-order valence-electron chi connectivity index (χ1n) is 9.58. The molecule has 0 aliphatic heterocycles. The van der Waals surface area contributed by atoms with Gasteiger partial charge in [0.15, 0.2) is 0 Å². The Morgan fingerprint density at radius 2 is 1.96 bits per heavy atom. The number of anilines is 1. The van der Waals surface area contributed by atoms with Crippen LogP contribution in [-0.4, -0.2) is 60.3 Å². The zero-order valence-corrected chi connectivity index (χ0v) is 16.2. The Bertz CT molecular complexity index is 756. The number of carbonyl (C=O) groups excluding carboxylic acids is 2. The van der Waals surface area contributed by atoms with Gasteiger partial charge in [-0.15, -0.1) is 0 Å². The lowest BCUT2D eigenvalue weighted by Gasteiger charge is -2.42. The zero-order chi connectivity index (χ0) is 20.3. The van der Waals surface area contributed by atoms with Crippen molar-refractivity contribution in [2.75, 3.05) is 25.5 Å². The topological polar surface area (TPSA) is 108 Å². The highest BCUT2D eigenvalue weighted by atomic mass is 16.5. The molecular weight excluding hydrogens is 362 g/mol. The fourth-order valence-corrected chi connectivity index (χ4v) is 3.54. The average molecular weight is 389 g/mol. The molecule has 3 rings (SSSR count). The van der Waals surface area contributed by atoms with E-state index in [1.165, 1.54) is 20.0 Å². The number of urea groups is 1. The predicted octanol–water partition coefficient (Wildman–Crippen LogP) is 2.23. The number of nitrogens with zero attached hydrogens (tertiary/aromatic N) is 1. The summed E-state index contributed by atoms with van der Waals surface area (Å²) in [5.41, 5.74) is 1.59. The van der Waals surface area contributed by atoms with E-state index in [0.717, 1.165) is 24.9 Å². The molecule has 2 aliphatic carbocycles. The minimum Gasteiger partial charge on any atom is -0.480 e. The van der Waals surface area contributed by atoms with Crippen molar-refractivity contribution >= 4 is 23.7 Å². The van der Waals surface area contributed by atoms with Crippen LogP contribution in [0.25, 0.3) is 0 Å². The SMILES string of the molecule is COC(=O)c1cc(C)ccc1NC(=O)NC1CC(N(CC(=O)O)CC2CC2)C1. The number of carboxylic acid groups (broad SMARTS) is 1. The Labute approximate surface area is 164 Å². The molecule has 0 aromatic heterocycles. The molecule has 0 bridgehead atoms. The maximum absolute atomic E-state index is 12.3. The molecule has 1 aromatic rings.